The van der Waals surface area contributed by atoms with Gasteiger partial charge in [-0.25, -0.2) is 4.79 Å². The molecule has 0 bridgehead atoms. The van der Waals surface area contributed by atoms with Gasteiger partial charge in [0.05, 0.1) is 6.61 Å². The van der Waals surface area contributed by atoms with Crippen molar-refractivity contribution in [2.75, 3.05) is 26.2 Å². The van der Waals surface area contributed by atoms with Crippen LogP contribution in [0.4, 0.5) is 4.79 Å². The lowest BCUT2D eigenvalue weighted by Gasteiger charge is -2.35. The molecule has 2 aliphatic rings. The quantitative estimate of drug-likeness (QED) is 0.726. The van der Waals surface area contributed by atoms with Crippen LogP contribution in [0.2, 0.25) is 0 Å². The number of likely N-dealkylation sites (tertiary alicyclic amines) is 1. The standard InChI is InChI=1S/C18H31N3O4/c1-4-25-18(24)21-9-5-6-14(11-21)13(3)20-16(22)7-8-19-17(23)15-10-12(15)2/h12-15H,4-11H2,1-3H3,(H,19,23)(H,20,22)/t12-,13-,14-,15+/m0/s1. The third kappa shape index (κ3) is 5.90. The normalized spacial score (nSPS) is 26.5. The number of carbonyl (C=O) groups excluding carboxylic acids is 3. The fourth-order valence-corrected chi connectivity index (χ4v) is 3.36. The first-order valence-electron chi connectivity index (χ1n) is 9.41. The Labute approximate surface area is 149 Å². The van der Waals surface area contributed by atoms with Crippen LogP contribution in [0.3, 0.4) is 0 Å². The van der Waals surface area contributed by atoms with Gasteiger partial charge in [-0.3, -0.25) is 9.59 Å². The predicted octanol–water partition coefficient (Wildman–Crippen LogP) is 1.52. The van der Waals surface area contributed by atoms with Gasteiger partial charge in [-0.1, -0.05) is 6.92 Å². The SMILES string of the molecule is CCOC(=O)N1CCC[C@H]([C@H](C)NC(=O)CCNC(=O)[C@@H]2C[C@@H]2C)C1. The molecule has 4 atom stereocenters. The highest BCUT2D eigenvalue weighted by atomic mass is 16.6. The summed E-state index contributed by atoms with van der Waals surface area (Å²) in [6.07, 6.45) is 2.86. The number of hydrogen-bond donors (Lipinski definition) is 2. The third-order valence-corrected chi connectivity index (χ3v) is 5.18. The van der Waals surface area contributed by atoms with E-state index in [0.29, 0.717) is 32.2 Å². The molecule has 3 amide bonds. The number of amides is 3. The maximum absolute atomic E-state index is 12.1. The molecule has 2 N–H and O–H groups in total. The Bertz CT molecular complexity index is 497. The molecule has 0 radical (unpaired) electrons. The van der Waals surface area contributed by atoms with Gasteiger partial charge in [0.2, 0.25) is 11.8 Å². The number of hydrogen-bond acceptors (Lipinski definition) is 4. The first-order valence-corrected chi connectivity index (χ1v) is 9.41. The number of nitrogens with zero attached hydrogens (tertiary/aromatic N) is 1. The van der Waals surface area contributed by atoms with Gasteiger partial charge in [0.25, 0.3) is 0 Å². The van der Waals surface area contributed by atoms with E-state index < -0.39 is 0 Å². The highest BCUT2D eigenvalue weighted by Crippen LogP contribution is 2.37. The molecule has 0 aromatic carbocycles. The van der Waals surface area contributed by atoms with Crippen LogP contribution in [0.25, 0.3) is 0 Å². The molecule has 0 aromatic heterocycles. The van der Waals surface area contributed by atoms with Crippen LogP contribution in [-0.2, 0) is 14.3 Å². The van der Waals surface area contributed by atoms with Crippen LogP contribution in [0.5, 0.6) is 0 Å². The monoisotopic (exact) mass is 353 g/mol. The Kier molecular flexibility index (Phi) is 7.08. The van der Waals surface area contributed by atoms with Crippen molar-refractivity contribution in [2.45, 2.75) is 52.5 Å². The first-order chi connectivity index (χ1) is 11.9. The largest absolute Gasteiger partial charge is 0.450 e. The number of piperidine rings is 1. The fourth-order valence-electron chi connectivity index (χ4n) is 3.36. The molecule has 1 aliphatic carbocycles. The van der Waals surface area contributed by atoms with Crippen LogP contribution in [0, 0.1) is 17.8 Å². The van der Waals surface area contributed by atoms with Crippen LogP contribution in [0.15, 0.2) is 0 Å². The summed E-state index contributed by atoms with van der Waals surface area (Å²) in [5.41, 5.74) is 0. The smallest absolute Gasteiger partial charge is 0.409 e. The van der Waals surface area contributed by atoms with E-state index >= 15 is 0 Å². The first kappa shape index (κ1) is 19.5. The Hall–Kier alpha value is -1.79. The fraction of sp³-hybridized carbons (Fsp3) is 0.833. The molecule has 7 heteroatoms. The van der Waals surface area contributed by atoms with Gasteiger partial charge in [0.15, 0.2) is 0 Å². The van der Waals surface area contributed by atoms with Crippen molar-refractivity contribution in [3.8, 4) is 0 Å². The molecule has 1 saturated heterocycles. The van der Waals surface area contributed by atoms with Crippen LogP contribution < -0.4 is 10.6 Å². The Balaban J connectivity index is 1.67. The van der Waals surface area contributed by atoms with E-state index in [0.717, 1.165) is 19.3 Å². The second kappa shape index (κ2) is 9.06. The Morgan fingerprint density at radius 2 is 2.04 bits per heavy atom. The molecule has 25 heavy (non-hydrogen) atoms. The maximum atomic E-state index is 12.1. The predicted molar refractivity (Wildman–Crippen MR) is 93.8 cm³/mol. The molecule has 1 heterocycles. The zero-order valence-electron chi connectivity index (χ0n) is 15.5. The van der Waals surface area contributed by atoms with Crippen molar-refractivity contribution in [2.24, 2.45) is 17.8 Å². The van der Waals surface area contributed by atoms with Gasteiger partial charge in [0, 0.05) is 38.0 Å². The van der Waals surface area contributed by atoms with Crippen LogP contribution >= 0.6 is 0 Å². The lowest BCUT2D eigenvalue weighted by Crippen LogP contribution is -2.48. The van der Waals surface area contributed by atoms with E-state index in [1.165, 1.54) is 0 Å². The highest BCUT2D eigenvalue weighted by molar-refractivity contribution is 5.82. The summed E-state index contributed by atoms with van der Waals surface area (Å²) < 4.78 is 5.06. The zero-order chi connectivity index (χ0) is 18.4. The van der Waals surface area contributed by atoms with Gasteiger partial charge < -0.3 is 20.3 Å². The third-order valence-electron chi connectivity index (χ3n) is 5.18. The summed E-state index contributed by atoms with van der Waals surface area (Å²) in [6, 6.07) is -0.0103. The summed E-state index contributed by atoms with van der Waals surface area (Å²) in [4.78, 5) is 37.4. The van der Waals surface area contributed by atoms with E-state index in [1.54, 1.807) is 11.8 Å². The number of ether oxygens (including phenoxy) is 1. The topological polar surface area (TPSA) is 87.7 Å². The molecule has 142 valence electrons. The van der Waals surface area contributed by atoms with E-state index in [1.807, 2.05) is 6.92 Å². The summed E-state index contributed by atoms with van der Waals surface area (Å²) in [7, 11) is 0. The van der Waals surface area contributed by atoms with E-state index in [9.17, 15) is 14.4 Å². The van der Waals surface area contributed by atoms with E-state index in [4.69, 9.17) is 4.74 Å². The van der Waals surface area contributed by atoms with E-state index in [2.05, 4.69) is 17.6 Å². The molecule has 7 nitrogen and oxygen atoms in total. The van der Waals surface area contributed by atoms with Crippen molar-refractivity contribution in [1.29, 1.82) is 0 Å². The van der Waals surface area contributed by atoms with Crippen LogP contribution in [-0.4, -0.2) is 55.1 Å². The molecule has 2 rings (SSSR count). The minimum absolute atomic E-state index is 0.0103. The van der Waals surface area contributed by atoms with Crippen molar-refractivity contribution < 1.29 is 19.1 Å². The lowest BCUT2D eigenvalue weighted by atomic mass is 9.91. The van der Waals surface area contributed by atoms with Gasteiger partial charge in [-0.2, -0.15) is 0 Å². The maximum Gasteiger partial charge on any atom is 0.409 e. The second-order valence-electron chi connectivity index (χ2n) is 7.26. The van der Waals surface area contributed by atoms with Crippen molar-refractivity contribution in [3.63, 3.8) is 0 Å². The molecular weight excluding hydrogens is 322 g/mol. The Morgan fingerprint density at radius 3 is 2.68 bits per heavy atom. The average Bonchev–Trinajstić information content (AvgIpc) is 3.32. The zero-order valence-corrected chi connectivity index (χ0v) is 15.5. The molecule has 0 spiro atoms. The average molecular weight is 353 g/mol. The van der Waals surface area contributed by atoms with Gasteiger partial charge in [0.1, 0.15) is 0 Å². The molecule has 1 aliphatic heterocycles. The highest BCUT2D eigenvalue weighted by Gasteiger charge is 2.38. The Morgan fingerprint density at radius 1 is 1.32 bits per heavy atom. The molecular formula is C18H31N3O4. The number of nitrogens with one attached hydrogen (secondary N) is 2. The summed E-state index contributed by atoms with van der Waals surface area (Å²) >= 11 is 0. The van der Waals surface area contributed by atoms with Crippen molar-refractivity contribution in [1.82, 2.24) is 15.5 Å². The van der Waals surface area contributed by atoms with Crippen molar-refractivity contribution >= 4 is 17.9 Å². The van der Waals surface area contributed by atoms with Gasteiger partial charge in [-0.05, 0) is 44.9 Å². The van der Waals surface area contributed by atoms with Gasteiger partial charge >= 0.3 is 6.09 Å². The lowest BCUT2D eigenvalue weighted by molar-refractivity contribution is -0.123. The number of rotatable bonds is 7. The molecule has 1 saturated carbocycles. The number of carbonyl (C=O) groups is 3. The summed E-state index contributed by atoms with van der Waals surface area (Å²) in [5, 5.41) is 5.82. The van der Waals surface area contributed by atoms with Crippen LogP contribution in [0.1, 0.15) is 46.5 Å². The minimum Gasteiger partial charge on any atom is -0.450 e. The van der Waals surface area contributed by atoms with Crippen molar-refractivity contribution in [3.05, 3.63) is 0 Å². The molecule has 0 unspecified atom stereocenters. The van der Waals surface area contributed by atoms with Gasteiger partial charge in [-0.15, -0.1) is 0 Å². The molecule has 0 aromatic rings. The minimum atomic E-state index is -0.275. The summed E-state index contributed by atoms with van der Waals surface area (Å²) in [5.74, 6) is 0.834. The summed E-state index contributed by atoms with van der Waals surface area (Å²) in [6.45, 7) is 7.89. The second-order valence-corrected chi connectivity index (χ2v) is 7.26. The van der Waals surface area contributed by atoms with E-state index in [-0.39, 0.29) is 42.2 Å². The molecule has 2 fully saturated rings.